The number of hydrogen-bond donors (Lipinski definition) is 1. The highest BCUT2D eigenvalue weighted by Gasteiger charge is 2.30. The summed E-state index contributed by atoms with van der Waals surface area (Å²) in [5.41, 5.74) is 2.10. The number of aliphatic hydroxyl groups is 1. The summed E-state index contributed by atoms with van der Waals surface area (Å²) >= 11 is 0. The monoisotopic (exact) mass is 449 g/mol. The van der Waals surface area contributed by atoms with Crippen LogP contribution in [0, 0.1) is 5.82 Å². The minimum Gasteiger partial charge on any atom is -0.393 e. The maximum absolute atomic E-state index is 15.1. The van der Waals surface area contributed by atoms with Crippen molar-refractivity contribution in [3.63, 3.8) is 0 Å². The Labute approximate surface area is 194 Å². The number of hydrogen-bond acceptors (Lipinski definition) is 4. The highest BCUT2D eigenvalue weighted by molar-refractivity contribution is 5.82. The van der Waals surface area contributed by atoms with E-state index in [1.54, 1.807) is 13.1 Å². The number of rotatable bonds is 6. The summed E-state index contributed by atoms with van der Waals surface area (Å²) in [6, 6.07) is 13.3. The van der Waals surface area contributed by atoms with Gasteiger partial charge in [0.1, 0.15) is 5.82 Å². The van der Waals surface area contributed by atoms with E-state index >= 15 is 4.39 Å². The molecule has 3 aromatic rings. The van der Waals surface area contributed by atoms with Gasteiger partial charge in [0.05, 0.1) is 17.5 Å². The lowest BCUT2D eigenvalue weighted by Crippen LogP contribution is -2.35. The van der Waals surface area contributed by atoms with Crippen molar-refractivity contribution in [2.24, 2.45) is 0 Å². The first-order chi connectivity index (χ1) is 16.0. The first-order valence-electron chi connectivity index (χ1n) is 12.1. The molecule has 2 fully saturated rings. The van der Waals surface area contributed by atoms with Gasteiger partial charge in [0, 0.05) is 36.8 Å². The van der Waals surface area contributed by atoms with Crippen molar-refractivity contribution >= 4 is 16.5 Å². The number of anilines is 1. The van der Waals surface area contributed by atoms with Crippen molar-refractivity contribution in [1.82, 2.24) is 9.47 Å². The van der Waals surface area contributed by atoms with E-state index in [0.717, 1.165) is 50.0 Å². The number of halogens is 1. The largest absolute Gasteiger partial charge is 0.393 e. The Hall–Kier alpha value is -2.70. The highest BCUT2D eigenvalue weighted by Crippen LogP contribution is 2.28. The summed E-state index contributed by atoms with van der Waals surface area (Å²) < 4.78 is 16.7. The highest BCUT2D eigenvalue weighted by atomic mass is 19.1. The molecule has 2 atom stereocenters. The van der Waals surface area contributed by atoms with Crippen LogP contribution in [0.25, 0.3) is 16.5 Å². The van der Waals surface area contributed by atoms with Crippen molar-refractivity contribution < 1.29 is 9.50 Å². The molecular weight excluding hydrogens is 417 g/mol. The summed E-state index contributed by atoms with van der Waals surface area (Å²) in [5, 5.41) is 11.0. The Morgan fingerprint density at radius 1 is 1.09 bits per heavy atom. The van der Waals surface area contributed by atoms with Gasteiger partial charge in [-0.1, -0.05) is 12.1 Å². The molecule has 2 aliphatic rings. The minimum atomic E-state index is -0.349. The smallest absolute Gasteiger partial charge is 0.262 e. The SMILES string of the molecule is C[C@@H](O)CCc1ccc2c(=O)n(-c3ccc(N4CC[C@@H](N5CCCC5)C4)c(F)c3)ccc2c1. The fourth-order valence-electron chi connectivity index (χ4n) is 5.30. The Morgan fingerprint density at radius 3 is 2.67 bits per heavy atom. The zero-order valence-corrected chi connectivity index (χ0v) is 19.2. The zero-order valence-electron chi connectivity index (χ0n) is 19.2. The third-order valence-corrected chi connectivity index (χ3v) is 7.19. The molecule has 0 saturated carbocycles. The molecule has 1 N–H and O–H groups in total. The predicted molar refractivity (Wildman–Crippen MR) is 131 cm³/mol. The fraction of sp³-hybridized carbons (Fsp3) is 0.444. The lowest BCUT2D eigenvalue weighted by molar-refractivity contribution is 0.185. The van der Waals surface area contributed by atoms with Crippen LogP contribution in [0.15, 0.2) is 53.5 Å². The lowest BCUT2D eigenvalue weighted by Gasteiger charge is -2.25. The number of aryl methyl sites for hydroxylation is 1. The lowest BCUT2D eigenvalue weighted by atomic mass is 10.0. The van der Waals surface area contributed by atoms with Gasteiger partial charge in [0.2, 0.25) is 0 Å². The molecule has 0 bridgehead atoms. The van der Waals surface area contributed by atoms with Gasteiger partial charge in [-0.05, 0) is 87.3 Å². The number of aliphatic hydroxyl groups excluding tert-OH is 1. The number of nitrogens with zero attached hydrogens (tertiary/aromatic N) is 3. The number of pyridine rings is 1. The quantitative estimate of drug-likeness (QED) is 0.615. The van der Waals surface area contributed by atoms with Gasteiger partial charge in [-0.2, -0.15) is 0 Å². The summed E-state index contributed by atoms with van der Waals surface area (Å²) in [7, 11) is 0. The number of benzene rings is 2. The second-order valence-electron chi connectivity index (χ2n) is 9.57. The van der Waals surface area contributed by atoms with Crippen molar-refractivity contribution in [2.75, 3.05) is 31.1 Å². The van der Waals surface area contributed by atoms with Gasteiger partial charge < -0.3 is 10.0 Å². The average Bonchev–Trinajstić information content (AvgIpc) is 3.50. The summed E-state index contributed by atoms with van der Waals surface area (Å²) in [6.45, 7) is 5.83. The first-order valence-corrected chi connectivity index (χ1v) is 12.1. The molecule has 3 heterocycles. The van der Waals surface area contributed by atoms with Gasteiger partial charge in [0.15, 0.2) is 0 Å². The Bertz CT molecular complexity index is 1200. The topological polar surface area (TPSA) is 48.7 Å². The van der Waals surface area contributed by atoms with Crippen LogP contribution in [0.1, 0.15) is 38.2 Å². The average molecular weight is 450 g/mol. The van der Waals surface area contributed by atoms with Crippen LogP contribution >= 0.6 is 0 Å². The van der Waals surface area contributed by atoms with E-state index in [4.69, 9.17) is 0 Å². The van der Waals surface area contributed by atoms with E-state index in [2.05, 4.69) is 9.80 Å². The molecular formula is C27H32FN3O2. The summed E-state index contributed by atoms with van der Waals surface area (Å²) in [5.74, 6) is -0.282. The summed E-state index contributed by atoms with van der Waals surface area (Å²) in [6.07, 6.45) is 6.43. The Morgan fingerprint density at radius 2 is 1.91 bits per heavy atom. The number of likely N-dealkylation sites (tertiary alicyclic amines) is 1. The van der Waals surface area contributed by atoms with Gasteiger partial charge >= 0.3 is 0 Å². The molecule has 0 unspecified atom stereocenters. The predicted octanol–water partition coefficient (Wildman–Crippen LogP) is 4.12. The molecule has 6 heteroatoms. The van der Waals surface area contributed by atoms with Crippen molar-refractivity contribution in [3.8, 4) is 5.69 Å². The van der Waals surface area contributed by atoms with E-state index in [0.29, 0.717) is 29.2 Å². The van der Waals surface area contributed by atoms with E-state index in [1.807, 2.05) is 36.4 Å². The van der Waals surface area contributed by atoms with Crippen LogP contribution < -0.4 is 10.5 Å². The maximum atomic E-state index is 15.1. The third kappa shape index (κ3) is 4.55. The first kappa shape index (κ1) is 22.1. The molecule has 1 aromatic heterocycles. The number of aromatic nitrogens is 1. The van der Waals surface area contributed by atoms with Gasteiger partial charge in [-0.25, -0.2) is 4.39 Å². The Kier molecular flexibility index (Phi) is 6.21. The minimum absolute atomic E-state index is 0.156. The maximum Gasteiger partial charge on any atom is 0.262 e. The normalized spacial score (nSPS) is 20.1. The van der Waals surface area contributed by atoms with Crippen molar-refractivity contribution in [3.05, 3.63) is 70.4 Å². The van der Waals surface area contributed by atoms with E-state index in [1.165, 1.54) is 23.5 Å². The molecule has 174 valence electrons. The molecule has 2 aromatic carbocycles. The van der Waals surface area contributed by atoms with E-state index < -0.39 is 0 Å². The second kappa shape index (κ2) is 9.27. The Balaban J connectivity index is 1.37. The van der Waals surface area contributed by atoms with Crippen molar-refractivity contribution in [1.29, 1.82) is 0 Å². The van der Waals surface area contributed by atoms with Crippen LogP contribution in [0.5, 0.6) is 0 Å². The zero-order chi connectivity index (χ0) is 22.9. The third-order valence-electron chi connectivity index (χ3n) is 7.19. The number of fused-ring (bicyclic) bond motifs is 1. The second-order valence-corrected chi connectivity index (χ2v) is 9.57. The van der Waals surface area contributed by atoms with E-state index in [9.17, 15) is 9.90 Å². The van der Waals surface area contributed by atoms with Crippen LogP contribution in [0.4, 0.5) is 10.1 Å². The fourth-order valence-corrected chi connectivity index (χ4v) is 5.30. The molecule has 2 saturated heterocycles. The van der Waals surface area contributed by atoms with Crippen molar-refractivity contribution in [2.45, 2.75) is 51.2 Å². The molecule has 5 rings (SSSR count). The molecule has 0 spiro atoms. The van der Waals surface area contributed by atoms with Crippen LogP contribution in [-0.2, 0) is 6.42 Å². The standard InChI is InChI=1S/C27H32FN3O2/c1-19(32)4-5-20-6-8-24-21(16-20)10-15-31(27(24)33)22-7-9-26(25(28)17-22)30-14-11-23(18-30)29-12-2-3-13-29/h6-10,15-17,19,23,32H,2-5,11-14,18H2,1H3/t19-,23-/m1/s1. The molecule has 0 radical (unpaired) electrons. The van der Waals surface area contributed by atoms with Crippen LogP contribution in [0.2, 0.25) is 0 Å². The van der Waals surface area contributed by atoms with Gasteiger partial charge in [0.25, 0.3) is 5.56 Å². The van der Waals surface area contributed by atoms with E-state index in [-0.39, 0.29) is 17.5 Å². The molecule has 5 nitrogen and oxygen atoms in total. The molecule has 0 amide bonds. The van der Waals surface area contributed by atoms with Crippen LogP contribution in [0.3, 0.4) is 0 Å². The van der Waals surface area contributed by atoms with Crippen LogP contribution in [-0.4, -0.2) is 52.9 Å². The molecule has 0 aliphatic carbocycles. The molecule has 33 heavy (non-hydrogen) atoms. The van der Waals surface area contributed by atoms with Gasteiger partial charge in [-0.15, -0.1) is 0 Å². The molecule has 2 aliphatic heterocycles. The summed E-state index contributed by atoms with van der Waals surface area (Å²) in [4.78, 5) is 17.8. The van der Waals surface area contributed by atoms with Gasteiger partial charge in [-0.3, -0.25) is 14.3 Å².